The summed E-state index contributed by atoms with van der Waals surface area (Å²) < 4.78 is 5.55. The number of nitrogens with one attached hydrogen (secondary N) is 2. The smallest absolute Gasteiger partial charge is 0.407 e. The highest BCUT2D eigenvalue weighted by atomic mass is 16.5. The van der Waals surface area contributed by atoms with Gasteiger partial charge in [0.05, 0.1) is 5.92 Å². The maximum atomic E-state index is 12.5. The molecule has 7 heteroatoms. The first-order chi connectivity index (χ1) is 16.3. The van der Waals surface area contributed by atoms with E-state index in [9.17, 15) is 19.5 Å². The van der Waals surface area contributed by atoms with E-state index in [1.54, 1.807) is 6.92 Å². The minimum absolute atomic E-state index is 0.00206. The summed E-state index contributed by atoms with van der Waals surface area (Å²) in [5.41, 5.74) is 4.67. The van der Waals surface area contributed by atoms with Crippen LogP contribution in [-0.4, -0.2) is 42.3 Å². The monoisotopic (exact) mass is 464 g/mol. The fourth-order valence-electron chi connectivity index (χ4n) is 5.16. The van der Waals surface area contributed by atoms with Crippen LogP contribution in [-0.2, 0) is 14.3 Å². The van der Waals surface area contributed by atoms with Gasteiger partial charge in [0.25, 0.3) is 0 Å². The normalized spacial score (nSPS) is 20.1. The van der Waals surface area contributed by atoms with Crippen LogP contribution >= 0.6 is 0 Å². The number of benzene rings is 2. The molecule has 0 aliphatic heterocycles. The Hall–Kier alpha value is -3.35. The predicted octanol–water partition coefficient (Wildman–Crippen LogP) is 4.02. The first kappa shape index (κ1) is 23.8. The molecule has 4 unspecified atom stereocenters. The molecule has 0 heterocycles. The van der Waals surface area contributed by atoms with E-state index in [1.165, 1.54) is 11.1 Å². The average molecular weight is 465 g/mol. The van der Waals surface area contributed by atoms with Crippen LogP contribution in [0.3, 0.4) is 0 Å². The van der Waals surface area contributed by atoms with Crippen molar-refractivity contribution in [3.8, 4) is 11.1 Å². The molecule has 0 saturated heterocycles. The van der Waals surface area contributed by atoms with Gasteiger partial charge in [0, 0.05) is 24.4 Å². The maximum Gasteiger partial charge on any atom is 0.407 e. The number of amides is 2. The van der Waals surface area contributed by atoms with Crippen molar-refractivity contribution < 1.29 is 24.2 Å². The van der Waals surface area contributed by atoms with Crippen LogP contribution in [0.4, 0.5) is 4.79 Å². The summed E-state index contributed by atoms with van der Waals surface area (Å²) in [4.78, 5) is 36.3. The molecule has 7 nitrogen and oxygen atoms in total. The number of carboxylic acid groups (broad SMARTS) is 1. The lowest BCUT2D eigenvalue weighted by atomic mass is 9.89. The van der Waals surface area contributed by atoms with Gasteiger partial charge in [0.1, 0.15) is 6.61 Å². The van der Waals surface area contributed by atoms with E-state index in [-0.39, 0.29) is 36.2 Å². The molecule has 2 aromatic rings. The summed E-state index contributed by atoms with van der Waals surface area (Å²) in [6, 6.07) is 15.9. The van der Waals surface area contributed by atoms with Gasteiger partial charge in [-0.1, -0.05) is 62.4 Å². The quantitative estimate of drug-likeness (QED) is 0.520. The van der Waals surface area contributed by atoms with Crippen molar-refractivity contribution in [3.05, 3.63) is 59.7 Å². The Balaban J connectivity index is 1.24. The number of fused-ring (bicyclic) bond motifs is 3. The first-order valence-corrected chi connectivity index (χ1v) is 11.9. The Morgan fingerprint density at radius 1 is 1.00 bits per heavy atom. The summed E-state index contributed by atoms with van der Waals surface area (Å²) in [6.07, 6.45) is 0.175. The zero-order chi connectivity index (χ0) is 24.4. The van der Waals surface area contributed by atoms with Crippen molar-refractivity contribution in [2.75, 3.05) is 13.2 Å². The Kier molecular flexibility index (Phi) is 6.91. The van der Waals surface area contributed by atoms with Crippen LogP contribution in [0.25, 0.3) is 11.1 Å². The molecule has 4 atom stereocenters. The minimum atomic E-state index is -0.910. The molecule has 3 N–H and O–H groups in total. The van der Waals surface area contributed by atoms with Gasteiger partial charge in [0.2, 0.25) is 5.91 Å². The number of ether oxygens (including phenoxy) is 1. The third-order valence-corrected chi connectivity index (χ3v) is 7.02. The summed E-state index contributed by atoms with van der Waals surface area (Å²) in [5, 5.41) is 15.0. The average Bonchev–Trinajstić information content (AvgIpc) is 3.51. The van der Waals surface area contributed by atoms with E-state index in [0.29, 0.717) is 13.0 Å². The molecule has 2 aliphatic carbocycles. The number of rotatable bonds is 9. The van der Waals surface area contributed by atoms with Crippen molar-refractivity contribution in [1.29, 1.82) is 0 Å². The van der Waals surface area contributed by atoms with Crippen molar-refractivity contribution in [3.63, 3.8) is 0 Å². The lowest BCUT2D eigenvalue weighted by Gasteiger charge is -2.24. The summed E-state index contributed by atoms with van der Waals surface area (Å²) in [7, 11) is 0. The van der Waals surface area contributed by atoms with Crippen molar-refractivity contribution in [2.45, 2.75) is 39.2 Å². The Labute approximate surface area is 199 Å². The van der Waals surface area contributed by atoms with Gasteiger partial charge in [-0.25, -0.2) is 4.79 Å². The fourth-order valence-corrected chi connectivity index (χ4v) is 5.16. The molecule has 180 valence electrons. The van der Waals surface area contributed by atoms with Crippen LogP contribution in [0, 0.1) is 23.7 Å². The standard InChI is InChI=1S/C27H32N2O5/c1-15(2)24(26(31)32)16(3)29-25(30)22-12-17(22)13-28-27(33)34-14-23-20-10-6-4-8-18(20)19-9-5-7-11-21(19)23/h4-11,15-17,22-24H,12-14H2,1-3H3,(H,28,33)(H,29,30)(H,31,32). The largest absolute Gasteiger partial charge is 0.481 e. The summed E-state index contributed by atoms with van der Waals surface area (Å²) in [6.45, 7) is 6.00. The van der Waals surface area contributed by atoms with Gasteiger partial charge in [-0.15, -0.1) is 0 Å². The van der Waals surface area contributed by atoms with Gasteiger partial charge in [-0.3, -0.25) is 9.59 Å². The SMILES string of the molecule is CC(C)C(C(=O)O)C(C)NC(=O)C1CC1CNC(=O)OCC1c2ccccc2-c2ccccc21. The second-order valence-electron chi connectivity index (χ2n) is 9.71. The van der Waals surface area contributed by atoms with Crippen molar-refractivity contribution in [1.82, 2.24) is 10.6 Å². The predicted molar refractivity (Wildman–Crippen MR) is 128 cm³/mol. The van der Waals surface area contributed by atoms with Gasteiger partial charge in [0.15, 0.2) is 0 Å². The maximum absolute atomic E-state index is 12.5. The van der Waals surface area contributed by atoms with Gasteiger partial charge < -0.3 is 20.5 Å². The number of carbonyl (C=O) groups excluding carboxylic acids is 2. The van der Waals surface area contributed by atoms with Crippen LogP contribution in [0.2, 0.25) is 0 Å². The molecule has 0 radical (unpaired) electrons. The molecule has 1 saturated carbocycles. The van der Waals surface area contributed by atoms with Gasteiger partial charge in [-0.05, 0) is 47.4 Å². The number of aliphatic carboxylic acids is 1. The zero-order valence-corrected chi connectivity index (χ0v) is 19.8. The highest BCUT2D eigenvalue weighted by Crippen LogP contribution is 2.44. The van der Waals surface area contributed by atoms with Gasteiger partial charge >= 0.3 is 12.1 Å². The van der Waals surface area contributed by atoms with Crippen LogP contribution in [0.15, 0.2) is 48.5 Å². The number of alkyl carbamates (subject to hydrolysis) is 1. The summed E-state index contributed by atoms with van der Waals surface area (Å²) in [5.74, 6) is -1.96. The third-order valence-electron chi connectivity index (χ3n) is 7.02. The molecule has 34 heavy (non-hydrogen) atoms. The lowest BCUT2D eigenvalue weighted by Crippen LogP contribution is -2.44. The lowest BCUT2D eigenvalue weighted by molar-refractivity contribution is -0.144. The Morgan fingerprint density at radius 3 is 2.15 bits per heavy atom. The van der Waals surface area contributed by atoms with E-state index in [2.05, 4.69) is 34.9 Å². The second-order valence-corrected chi connectivity index (χ2v) is 9.71. The highest BCUT2D eigenvalue weighted by Gasteiger charge is 2.44. The molecule has 1 fully saturated rings. The minimum Gasteiger partial charge on any atom is -0.481 e. The van der Waals surface area contributed by atoms with E-state index in [0.717, 1.165) is 11.1 Å². The van der Waals surface area contributed by atoms with Crippen molar-refractivity contribution in [2.24, 2.45) is 23.7 Å². The molecule has 4 rings (SSSR count). The number of hydrogen-bond donors (Lipinski definition) is 3. The number of carbonyl (C=O) groups is 3. The Bertz CT molecular complexity index is 1040. The van der Waals surface area contributed by atoms with E-state index in [4.69, 9.17) is 4.74 Å². The molecular formula is C27H32N2O5. The molecule has 2 aliphatic rings. The zero-order valence-electron chi connectivity index (χ0n) is 19.8. The third kappa shape index (κ3) is 4.93. The van der Waals surface area contributed by atoms with E-state index in [1.807, 2.05) is 38.1 Å². The molecular weight excluding hydrogens is 432 g/mol. The van der Waals surface area contributed by atoms with E-state index < -0.39 is 24.0 Å². The number of carboxylic acids is 1. The van der Waals surface area contributed by atoms with E-state index >= 15 is 0 Å². The molecule has 2 aromatic carbocycles. The number of hydrogen-bond acceptors (Lipinski definition) is 4. The topological polar surface area (TPSA) is 105 Å². The highest BCUT2D eigenvalue weighted by molar-refractivity contribution is 5.83. The molecule has 2 amide bonds. The summed E-state index contributed by atoms with van der Waals surface area (Å²) >= 11 is 0. The molecule has 0 aromatic heterocycles. The van der Waals surface area contributed by atoms with Crippen molar-refractivity contribution >= 4 is 18.0 Å². The van der Waals surface area contributed by atoms with Gasteiger partial charge in [-0.2, -0.15) is 0 Å². The van der Waals surface area contributed by atoms with Crippen LogP contribution in [0.1, 0.15) is 44.2 Å². The fraction of sp³-hybridized carbons (Fsp3) is 0.444. The Morgan fingerprint density at radius 2 is 1.59 bits per heavy atom. The van der Waals surface area contributed by atoms with Crippen LogP contribution < -0.4 is 10.6 Å². The second kappa shape index (κ2) is 9.87. The molecule has 0 bridgehead atoms. The van der Waals surface area contributed by atoms with Crippen LogP contribution in [0.5, 0.6) is 0 Å². The molecule has 0 spiro atoms. The first-order valence-electron chi connectivity index (χ1n) is 11.9.